The molecule has 1 aliphatic rings. The Morgan fingerprint density at radius 2 is 1.80 bits per heavy atom. The van der Waals surface area contributed by atoms with Gasteiger partial charge in [-0.3, -0.25) is 14.6 Å². The lowest BCUT2D eigenvalue weighted by Crippen LogP contribution is -2.16. The molecule has 4 rings (SSSR count). The second kappa shape index (κ2) is 6.32. The molecule has 6 nitrogen and oxygen atoms in total. The van der Waals surface area contributed by atoms with Gasteiger partial charge in [0.05, 0.1) is 11.9 Å². The molecule has 0 atom stereocenters. The summed E-state index contributed by atoms with van der Waals surface area (Å²) in [5, 5.41) is 7.31. The summed E-state index contributed by atoms with van der Waals surface area (Å²) in [4.78, 5) is 32.6. The molecule has 124 valence electrons. The van der Waals surface area contributed by atoms with Gasteiger partial charge in [0.2, 0.25) is 5.91 Å². The van der Waals surface area contributed by atoms with Crippen LogP contribution in [-0.4, -0.2) is 21.8 Å². The summed E-state index contributed by atoms with van der Waals surface area (Å²) in [6.45, 7) is 0. The minimum Gasteiger partial charge on any atom is -0.319 e. The molecule has 0 saturated heterocycles. The lowest BCUT2D eigenvalue weighted by atomic mass is 10.1. The van der Waals surface area contributed by atoms with Gasteiger partial charge in [-0.2, -0.15) is 0 Å². The Hall–Kier alpha value is -3.28. The highest BCUT2D eigenvalue weighted by atomic mass is 16.2. The van der Waals surface area contributed by atoms with E-state index in [1.165, 1.54) is 6.20 Å². The molecular formula is C19H16N4O2. The Bertz CT molecular complexity index is 944. The minimum absolute atomic E-state index is 0.00393. The van der Waals surface area contributed by atoms with E-state index in [1.807, 2.05) is 30.3 Å². The van der Waals surface area contributed by atoms with E-state index in [1.54, 1.807) is 18.3 Å². The maximum atomic E-state index is 12.5. The number of anilines is 2. The van der Waals surface area contributed by atoms with Crippen molar-refractivity contribution in [1.82, 2.24) is 9.97 Å². The number of nitrogens with zero attached hydrogens (tertiary/aromatic N) is 2. The highest BCUT2D eigenvalue weighted by Crippen LogP contribution is 2.30. The summed E-state index contributed by atoms with van der Waals surface area (Å²) in [6, 6.07) is 12.8. The molecule has 2 N–H and O–H groups in total. The molecule has 1 aliphatic carbocycles. The van der Waals surface area contributed by atoms with Crippen molar-refractivity contribution in [3.8, 4) is 0 Å². The summed E-state index contributed by atoms with van der Waals surface area (Å²) in [6.07, 6.45) is 5.02. The van der Waals surface area contributed by atoms with Crippen LogP contribution >= 0.6 is 0 Å². The molecule has 1 saturated carbocycles. The fourth-order valence-electron chi connectivity index (χ4n) is 2.61. The molecule has 2 heterocycles. The second-order valence-corrected chi connectivity index (χ2v) is 6.03. The van der Waals surface area contributed by atoms with Crippen molar-refractivity contribution < 1.29 is 9.59 Å². The predicted molar refractivity (Wildman–Crippen MR) is 95.3 cm³/mol. The van der Waals surface area contributed by atoms with Gasteiger partial charge in [-0.15, -0.1) is 0 Å². The first-order valence-electron chi connectivity index (χ1n) is 8.13. The lowest BCUT2D eigenvalue weighted by molar-refractivity contribution is -0.117. The first-order valence-corrected chi connectivity index (χ1v) is 8.13. The summed E-state index contributed by atoms with van der Waals surface area (Å²) >= 11 is 0. The van der Waals surface area contributed by atoms with E-state index in [2.05, 4.69) is 20.6 Å². The van der Waals surface area contributed by atoms with Crippen molar-refractivity contribution in [2.24, 2.45) is 5.92 Å². The average molecular weight is 332 g/mol. The van der Waals surface area contributed by atoms with E-state index < -0.39 is 0 Å². The van der Waals surface area contributed by atoms with Crippen LogP contribution in [0.2, 0.25) is 0 Å². The van der Waals surface area contributed by atoms with E-state index in [9.17, 15) is 9.59 Å². The third kappa shape index (κ3) is 3.33. The Morgan fingerprint density at radius 1 is 0.960 bits per heavy atom. The molecule has 3 aromatic rings. The maximum Gasteiger partial charge on any atom is 0.274 e. The third-order valence-corrected chi connectivity index (χ3v) is 4.11. The molecule has 0 unspecified atom stereocenters. The Kier molecular flexibility index (Phi) is 3.85. The number of amides is 2. The van der Waals surface area contributed by atoms with Crippen LogP contribution in [0.15, 0.2) is 54.9 Å². The van der Waals surface area contributed by atoms with Gasteiger partial charge in [0.15, 0.2) is 0 Å². The number of fused-ring (bicyclic) bond motifs is 1. The topological polar surface area (TPSA) is 84.0 Å². The van der Waals surface area contributed by atoms with E-state index in [0.717, 1.165) is 23.6 Å². The number of rotatable bonds is 4. The van der Waals surface area contributed by atoms with Crippen LogP contribution in [0.1, 0.15) is 23.3 Å². The molecule has 0 aliphatic heterocycles. The number of hydrogen-bond acceptors (Lipinski definition) is 4. The zero-order valence-electron chi connectivity index (χ0n) is 13.4. The molecule has 0 radical (unpaired) electrons. The number of carbonyl (C=O) groups is 2. The van der Waals surface area contributed by atoms with E-state index in [-0.39, 0.29) is 17.7 Å². The van der Waals surface area contributed by atoms with Gasteiger partial charge in [-0.1, -0.05) is 24.3 Å². The molecule has 1 aromatic carbocycles. The zero-order chi connectivity index (χ0) is 17.2. The highest BCUT2D eigenvalue weighted by Gasteiger charge is 2.29. The number of hydrogen-bond donors (Lipinski definition) is 2. The summed E-state index contributed by atoms with van der Waals surface area (Å²) in [5.74, 6) is 0.314. The first-order chi connectivity index (χ1) is 12.2. The fourth-order valence-corrected chi connectivity index (χ4v) is 2.61. The van der Waals surface area contributed by atoms with Crippen LogP contribution in [0.4, 0.5) is 11.5 Å². The minimum atomic E-state index is -0.298. The monoisotopic (exact) mass is 332 g/mol. The third-order valence-electron chi connectivity index (χ3n) is 4.11. The Balaban J connectivity index is 1.49. The van der Waals surface area contributed by atoms with Gasteiger partial charge < -0.3 is 10.6 Å². The van der Waals surface area contributed by atoms with E-state index in [0.29, 0.717) is 17.2 Å². The Morgan fingerprint density at radius 3 is 2.56 bits per heavy atom. The van der Waals surface area contributed by atoms with E-state index >= 15 is 0 Å². The van der Waals surface area contributed by atoms with Crippen LogP contribution in [0.25, 0.3) is 10.8 Å². The summed E-state index contributed by atoms with van der Waals surface area (Å²) in [5.41, 5.74) is 0.911. The maximum absolute atomic E-state index is 12.5. The smallest absolute Gasteiger partial charge is 0.274 e. The van der Waals surface area contributed by atoms with Crippen molar-refractivity contribution in [3.05, 3.63) is 60.6 Å². The second-order valence-electron chi connectivity index (χ2n) is 6.03. The quantitative estimate of drug-likeness (QED) is 0.768. The predicted octanol–water partition coefficient (Wildman–Crippen LogP) is 3.23. The number of nitrogens with one attached hydrogen (secondary N) is 2. The standard InChI is InChI=1S/C19H16N4O2/c24-18(13-5-6-13)23-16-8-7-14(11-21-16)22-19(25)17-15-4-2-1-3-12(15)9-10-20-17/h1-4,7-11,13H,5-6H2,(H,22,25)(H,21,23,24). The highest BCUT2D eigenvalue weighted by molar-refractivity contribution is 6.11. The van der Waals surface area contributed by atoms with Crippen LogP contribution in [0.5, 0.6) is 0 Å². The summed E-state index contributed by atoms with van der Waals surface area (Å²) < 4.78 is 0. The van der Waals surface area contributed by atoms with Crippen LogP contribution in [0.3, 0.4) is 0 Å². The van der Waals surface area contributed by atoms with Crippen molar-refractivity contribution in [1.29, 1.82) is 0 Å². The first kappa shape index (κ1) is 15.3. The van der Waals surface area contributed by atoms with Crippen molar-refractivity contribution in [2.45, 2.75) is 12.8 Å². The fraction of sp³-hybridized carbons (Fsp3) is 0.158. The number of pyridine rings is 2. The molecule has 1 fully saturated rings. The van der Waals surface area contributed by atoms with Gasteiger partial charge in [-0.05, 0) is 36.4 Å². The number of carbonyl (C=O) groups excluding carboxylic acids is 2. The van der Waals surface area contributed by atoms with Crippen molar-refractivity contribution >= 4 is 34.1 Å². The van der Waals surface area contributed by atoms with Gasteiger partial charge in [0.1, 0.15) is 11.5 Å². The van der Waals surface area contributed by atoms with Gasteiger partial charge >= 0.3 is 0 Å². The van der Waals surface area contributed by atoms with Crippen LogP contribution in [-0.2, 0) is 4.79 Å². The molecule has 0 spiro atoms. The SMILES string of the molecule is O=C(Nc1ccc(NC(=O)C2CC2)nc1)c1nccc2ccccc12. The molecule has 25 heavy (non-hydrogen) atoms. The van der Waals surface area contributed by atoms with Crippen LogP contribution in [0, 0.1) is 5.92 Å². The van der Waals surface area contributed by atoms with Gasteiger partial charge in [0.25, 0.3) is 5.91 Å². The molecule has 2 amide bonds. The number of benzene rings is 1. The molecular weight excluding hydrogens is 316 g/mol. The largest absolute Gasteiger partial charge is 0.319 e. The van der Waals surface area contributed by atoms with Crippen LogP contribution < -0.4 is 10.6 Å². The lowest BCUT2D eigenvalue weighted by Gasteiger charge is -2.08. The van der Waals surface area contributed by atoms with Crippen molar-refractivity contribution in [3.63, 3.8) is 0 Å². The summed E-state index contributed by atoms with van der Waals surface area (Å²) in [7, 11) is 0. The van der Waals surface area contributed by atoms with Gasteiger partial charge in [-0.25, -0.2) is 4.98 Å². The van der Waals surface area contributed by atoms with Gasteiger partial charge in [0, 0.05) is 17.5 Å². The Labute approximate surface area is 144 Å². The number of aromatic nitrogens is 2. The zero-order valence-corrected chi connectivity index (χ0v) is 13.4. The molecule has 2 aromatic heterocycles. The normalized spacial score (nSPS) is 13.4. The van der Waals surface area contributed by atoms with E-state index in [4.69, 9.17) is 0 Å². The molecule has 6 heteroatoms. The average Bonchev–Trinajstić information content (AvgIpc) is 3.48. The molecule has 0 bridgehead atoms. The van der Waals surface area contributed by atoms with Crippen molar-refractivity contribution in [2.75, 3.05) is 10.6 Å².